The number of methoxy groups -OCH3 is 1. The molecule has 6 nitrogen and oxygen atoms in total. The molecule has 3 aromatic carbocycles. The van der Waals surface area contributed by atoms with E-state index in [1.165, 1.54) is 0 Å². The van der Waals surface area contributed by atoms with Crippen LogP contribution in [0.2, 0.25) is 0 Å². The standard InChI is InChI=1S/C23H23N3O3/c1-29-20-14-12-19(13-15-20)25-23(28)26-21(27)16-24-22(17-8-4-2-5-9-17)18-10-6-3-7-11-18/h2-15,22,24H,16H2,1H3,(H2,25,26,27,28). The van der Waals surface area contributed by atoms with E-state index in [4.69, 9.17) is 4.74 Å². The van der Waals surface area contributed by atoms with Gasteiger partial charge in [0.1, 0.15) is 5.75 Å². The minimum Gasteiger partial charge on any atom is -0.497 e. The van der Waals surface area contributed by atoms with Crippen LogP contribution in [0.3, 0.4) is 0 Å². The normalized spacial score (nSPS) is 10.4. The third kappa shape index (κ3) is 5.92. The number of carbonyl (C=O) groups is 2. The number of hydrogen-bond donors (Lipinski definition) is 3. The summed E-state index contributed by atoms with van der Waals surface area (Å²) < 4.78 is 5.08. The summed E-state index contributed by atoms with van der Waals surface area (Å²) in [6.07, 6.45) is 0. The zero-order valence-corrected chi connectivity index (χ0v) is 16.1. The van der Waals surface area contributed by atoms with Crippen LogP contribution >= 0.6 is 0 Å². The van der Waals surface area contributed by atoms with Gasteiger partial charge in [0.05, 0.1) is 19.7 Å². The molecule has 0 radical (unpaired) electrons. The maximum absolute atomic E-state index is 12.3. The summed E-state index contributed by atoms with van der Waals surface area (Å²) >= 11 is 0. The predicted octanol–water partition coefficient (Wildman–Crippen LogP) is 3.72. The largest absolute Gasteiger partial charge is 0.497 e. The van der Waals surface area contributed by atoms with Crippen molar-refractivity contribution in [1.82, 2.24) is 10.6 Å². The minimum atomic E-state index is -0.585. The summed E-state index contributed by atoms with van der Waals surface area (Å²) in [6.45, 7) is -0.00944. The Kier molecular flexibility index (Phi) is 6.97. The predicted molar refractivity (Wildman–Crippen MR) is 113 cm³/mol. The lowest BCUT2D eigenvalue weighted by atomic mass is 9.99. The first-order valence-corrected chi connectivity index (χ1v) is 9.24. The summed E-state index contributed by atoms with van der Waals surface area (Å²) in [6, 6.07) is 25.8. The van der Waals surface area contributed by atoms with E-state index in [9.17, 15) is 9.59 Å². The first-order valence-electron chi connectivity index (χ1n) is 9.24. The first kappa shape index (κ1) is 20.1. The second-order valence-electron chi connectivity index (χ2n) is 6.37. The number of nitrogens with one attached hydrogen (secondary N) is 3. The van der Waals surface area contributed by atoms with E-state index in [0.717, 1.165) is 11.1 Å². The van der Waals surface area contributed by atoms with Crippen LogP contribution in [0.25, 0.3) is 0 Å². The average Bonchev–Trinajstić information content (AvgIpc) is 2.76. The molecule has 6 heteroatoms. The maximum Gasteiger partial charge on any atom is 0.325 e. The van der Waals surface area contributed by atoms with Crippen molar-refractivity contribution in [2.45, 2.75) is 6.04 Å². The highest BCUT2D eigenvalue weighted by Crippen LogP contribution is 2.21. The van der Waals surface area contributed by atoms with Gasteiger partial charge in [-0.2, -0.15) is 0 Å². The Morgan fingerprint density at radius 3 is 1.90 bits per heavy atom. The van der Waals surface area contributed by atoms with E-state index in [-0.39, 0.29) is 12.6 Å². The number of benzene rings is 3. The van der Waals surface area contributed by atoms with Crippen molar-refractivity contribution < 1.29 is 14.3 Å². The van der Waals surface area contributed by atoms with Gasteiger partial charge >= 0.3 is 6.03 Å². The summed E-state index contributed by atoms with van der Waals surface area (Å²) in [5, 5.41) is 8.18. The molecule has 0 aliphatic carbocycles. The van der Waals surface area contributed by atoms with Crippen molar-refractivity contribution in [3.63, 3.8) is 0 Å². The van der Waals surface area contributed by atoms with E-state index < -0.39 is 11.9 Å². The van der Waals surface area contributed by atoms with Gasteiger partial charge in [0, 0.05) is 5.69 Å². The highest BCUT2D eigenvalue weighted by atomic mass is 16.5. The molecule has 0 aliphatic rings. The van der Waals surface area contributed by atoms with Crippen LogP contribution in [0, 0.1) is 0 Å². The van der Waals surface area contributed by atoms with Gasteiger partial charge in [-0.05, 0) is 35.4 Å². The molecule has 3 aromatic rings. The fourth-order valence-corrected chi connectivity index (χ4v) is 2.92. The van der Waals surface area contributed by atoms with Crippen molar-refractivity contribution in [3.05, 3.63) is 96.1 Å². The third-order valence-electron chi connectivity index (χ3n) is 4.33. The zero-order chi connectivity index (χ0) is 20.5. The van der Waals surface area contributed by atoms with Crippen LogP contribution in [0.4, 0.5) is 10.5 Å². The van der Waals surface area contributed by atoms with Gasteiger partial charge in [0.15, 0.2) is 0 Å². The van der Waals surface area contributed by atoms with Crippen molar-refractivity contribution in [1.29, 1.82) is 0 Å². The Bertz CT molecular complexity index is 889. The van der Waals surface area contributed by atoms with Gasteiger partial charge in [-0.1, -0.05) is 60.7 Å². The fourth-order valence-electron chi connectivity index (χ4n) is 2.92. The van der Waals surface area contributed by atoms with Gasteiger partial charge in [0.2, 0.25) is 5.91 Å². The van der Waals surface area contributed by atoms with Crippen molar-refractivity contribution in [2.75, 3.05) is 19.0 Å². The molecular weight excluding hydrogens is 366 g/mol. The van der Waals surface area contributed by atoms with E-state index in [1.54, 1.807) is 31.4 Å². The quantitative estimate of drug-likeness (QED) is 0.575. The molecule has 0 aliphatic heterocycles. The first-order chi connectivity index (χ1) is 14.2. The lowest BCUT2D eigenvalue weighted by molar-refractivity contribution is -0.119. The molecule has 0 saturated heterocycles. The fraction of sp³-hybridized carbons (Fsp3) is 0.130. The Hall–Kier alpha value is -3.64. The average molecular weight is 389 g/mol. The minimum absolute atomic E-state index is 0.00944. The molecule has 3 rings (SSSR count). The number of hydrogen-bond acceptors (Lipinski definition) is 4. The number of ether oxygens (including phenoxy) is 1. The van der Waals surface area contributed by atoms with Gasteiger partial charge in [-0.25, -0.2) is 4.79 Å². The molecule has 0 bridgehead atoms. The van der Waals surface area contributed by atoms with E-state index in [1.807, 2.05) is 60.7 Å². The van der Waals surface area contributed by atoms with E-state index in [2.05, 4.69) is 16.0 Å². The molecule has 0 spiro atoms. The molecule has 0 fully saturated rings. The molecular formula is C23H23N3O3. The van der Waals surface area contributed by atoms with Crippen LogP contribution in [-0.4, -0.2) is 25.6 Å². The third-order valence-corrected chi connectivity index (χ3v) is 4.33. The summed E-state index contributed by atoms with van der Waals surface area (Å²) in [7, 11) is 1.57. The number of amides is 3. The number of imide groups is 1. The SMILES string of the molecule is COc1ccc(NC(=O)NC(=O)CNC(c2ccccc2)c2ccccc2)cc1. The molecule has 0 aromatic heterocycles. The molecule has 3 amide bonds. The van der Waals surface area contributed by atoms with Crippen LogP contribution in [0.1, 0.15) is 17.2 Å². The molecule has 3 N–H and O–H groups in total. The van der Waals surface area contributed by atoms with Crippen LogP contribution in [-0.2, 0) is 4.79 Å². The Labute approximate surface area is 169 Å². The van der Waals surface area contributed by atoms with Crippen LogP contribution < -0.4 is 20.7 Å². The van der Waals surface area contributed by atoms with Gasteiger partial charge < -0.3 is 10.1 Å². The van der Waals surface area contributed by atoms with Gasteiger partial charge in [-0.3, -0.25) is 15.4 Å². The smallest absolute Gasteiger partial charge is 0.325 e. The highest BCUT2D eigenvalue weighted by molar-refractivity contribution is 6.01. The van der Waals surface area contributed by atoms with Crippen LogP contribution in [0.5, 0.6) is 5.75 Å². The lowest BCUT2D eigenvalue weighted by Crippen LogP contribution is -2.41. The van der Waals surface area contributed by atoms with E-state index >= 15 is 0 Å². The van der Waals surface area contributed by atoms with Crippen molar-refractivity contribution in [3.8, 4) is 5.75 Å². The summed E-state index contributed by atoms with van der Waals surface area (Å²) in [5.41, 5.74) is 2.64. The molecule has 0 unspecified atom stereocenters. The molecule has 29 heavy (non-hydrogen) atoms. The van der Waals surface area contributed by atoms with Crippen LogP contribution in [0.15, 0.2) is 84.9 Å². The second kappa shape index (κ2) is 10.1. The lowest BCUT2D eigenvalue weighted by Gasteiger charge is -2.19. The van der Waals surface area contributed by atoms with Crippen molar-refractivity contribution >= 4 is 17.6 Å². The topological polar surface area (TPSA) is 79.5 Å². The monoisotopic (exact) mass is 389 g/mol. The molecule has 0 atom stereocenters. The summed E-state index contributed by atoms with van der Waals surface area (Å²) in [5.74, 6) is 0.261. The molecule has 0 heterocycles. The number of carbonyl (C=O) groups excluding carboxylic acids is 2. The maximum atomic E-state index is 12.3. The van der Waals surface area contributed by atoms with Crippen molar-refractivity contribution in [2.24, 2.45) is 0 Å². The second-order valence-corrected chi connectivity index (χ2v) is 6.37. The zero-order valence-electron chi connectivity index (χ0n) is 16.1. The van der Waals surface area contributed by atoms with Gasteiger partial charge in [-0.15, -0.1) is 0 Å². The highest BCUT2D eigenvalue weighted by Gasteiger charge is 2.15. The molecule has 0 saturated carbocycles. The number of urea groups is 1. The number of rotatable bonds is 7. The molecule has 148 valence electrons. The van der Waals surface area contributed by atoms with E-state index in [0.29, 0.717) is 11.4 Å². The Balaban J connectivity index is 1.57. The van der Waals surface area contributed by atoms with Gasteiger partial charge in [0.25, 0.3) is 0 Å². The Morgan fingerprint density at radius 2 is 1.38 bits per heavy atom. The summed E-state index contributed by atoms with van der Waals surface area (Å²) in [4.78, 5) is 24.3. The Morgan fingerprint density at radius 1 is 0.828 bits per heavy atom. The number of anilines is 1.